The van der Waals surface area contributed by atoms with E-state index in [-0.39, 0.29) is 16.8 Å². The van der Waals surface area contributed by atoms with E-state index in [9.17, 15) is 14.4 Å². The molecule has 0 atom stereocenters. The SMILES string of the molecule is CCCN(CCC)c1c(CNCC2CCC(C(=O)O)CC2)c(=O)c1=O. The number of aliphatic carboxylic acids is 1. The van der Waals surface area contributed by atoms with E-state index in [1.807, 2.05) is 4.90 Å². The molecule has 1 aliphatic rings. The number of nitrogens with zero attached hydrogens (tertiary/aromatic N) is 1. The van der Waals surface area contributed by atoms with Gasteiger partial charge in [0.2, 0.25) is 10.9 Å². The third kappa shape index (κ3) is 4.69. The monoisotopic (exact) mass is 350 g/mol. The van der Waals surface area contributed by atoms with Gasteiger partial charge < -0.3 is 15.3 Å². The van der Waals surface area contributed by atoms with Gasteiger partial charge in [-0.15, -0.1) is 0 Å². The van der Waals surface area contributed by atoms with E-state index in [4.69, 9.17) is 5.11 Å². The van der Waals surface area contributed by atoms with Gasteiger partial charge in [0.15, 0.2) is 0 Å². The zero-order valence-electron chi connectivity index (χ0n) is 15.3. The Morgan fingerprint density at radius 2 is 1.68 bits per heavy atom. The number of rotatable bonds is 10. The third-order valence-corrected chi connectivity index (χ3v) is 5.22. The molecular formula is C19H30N2O4. The molecule has 0 unspecified atom stereocenters. The molecule has 2 rings (SSSR count). The van der Waals surface area contributed by atoms with Gasteiger partial charge in [0.05, 0.1) is 11.6 Å². The summed E-state index contributed by atoms with van der Waals surface area (Å²) >= 11 is 0. The Morgan fingerprint density at radius 1 is 1.08 bits per heavy atom. The van der Waals surface area contributed by atoms with Crippen LogP contribution in [0.2, 0.25) is 0 Å². The maximum atomic E-state index is 12.0. The first-order chi connectivity index (χ1) is 12.0. The van der Waals surface area contributed by atoms with Crippen LogP contribution in [0.1, 0.15) is 57.9 Å². The van der Waals surface area contributed by atoms with Gasteiger partial charge in [0.25, 0.3) is 0 Å². The standard InChI is InChI=1S/C19H30N2O4/c1-3-9-21(10-4-2)16-15(17(22)18(16)23)12-20-11-13-5-7-14(8-6-13)19(24)25/h13-14,20H,3-12H2,1-2H3,(H,24,25). The molecule has 0 aromatic heterocycles. The number of carboxylic acids is 1. The Bertz CT molecular complexity index is 634. The molecule has 2 N–H and O–H groups in total. The third-order valence-electron chi connectivity index (χ3n) is 5.22. The molecule has 0 heterocycles. The first kappa shape index (κ1) is 19.6. The largest absolute Gasteiger partial charge is 0.481 e. The Kier molecular flexibility index (Phi) is 7.17. The van der Waals surface area contributed by atoms with Gasteiger partial charge in [-0.3, -0.25) is 14.4 Å². The highest BCUT2D eigenvalue weighted by atomic mass is 16.4. The minimum Gasteiger partial charge on any atom is -0.481 e. The van der Waals surface area contributed by atoms with E-state index in [0.29, 0.717) is 23.7 Å². The summed E-state index contributed by atoms with van der Waals surface area (Å²) in [5.41, 5.74) is 0.525. The Hall–Kier alpha value is -1.69. The number of carboxylic acid groups (broad SMARTS) is 1. The van der Waals surface area contributed by atoms with Gasteiger partial charge >= 0.3 is 5.97 Å². The topological polar surface area (TPSA) is 86.7 Å². The summed E-state index contributed by atoms with van der Waals surface area (Å²) in [4.78, 5) is 37.0. The van der Waals surface area contributed by atoms with Gasteiger partial charge in [-0.1, -0.05) is 13.8 Å². The van der Waals surface area contributed by atoms with E-state index in [1.54, 1.807) is 0 Å². The van der Waals surface area contributed by atoms with Crippen molar-refractivity contribution in [2.75, 3.05) is 24.5 Å². The quantitative estimate of drug-likeness (QED) is 0.627. The van der Waals surface area contributed by atoms with Gasteiger partial charge in [0.1, 0.15) is 0 Å². The summed E-state index contributed by atoms with van der Waals surface area (Å²) in [7, 11) is 0. The van der Waals surface area contributed by atoms with Crippen LogP contribution in [0.25, 0.3) is 0 Å². The summed E-state index contributed by atoms with van der Waals surface area (Å²) in [6.45, 7) is 6.93. The molecule has 1 saturated carbocycles. The van der Waals surface area contributed by atoms with E-state index < -0.39 is 5.97 Å². The summed E-state index contributed by atoms with van der Waals surface area (Å²) in [5.74, 6) is -0.437. The number of carbonyl (C=O) groups is 1. The van der Waals surface area contributed by atoms with Crippen LogP contribution in [0.4, 0.5) is 5.69 Å². The number of hydrogen-bond donors (Lipinski definition) is 2. The second kappa shape index (κ2) is 9.13. The lowest BCUT2D eigenvalue weighted by molar-refractivity contribution is -0.143. The molecule has 0 saturated heterocycles. The van der Waals surface area contributed by atoms with Crippen LogP contribution < -0.4 is 21.1 Å². The van der Waals surface area contributed by atoms with Crippen molar-refractivity contribution in [3.63, 3.8) is 0 Å². The van der Waals surface area contributed by atoms with Crippen molar-refractivity contribution in [1.29, 1.82) is 0 Å². The minimum absolute atomic E-state index is 0.201. The molecule has 0 aliphatic heterocycles. The first-order valence-electron chi connectivity index (χ1n) is 9.50. The summed E-state index contributed by atoms with van der Waals surface area (Å²) in [6, 6.07) is 0. The van der Waals surface area contributed by atoms with Crippen LogP contribution in [0, 0.1) is 11.8 Å². The fourth-order valence-corrected chi connectivity index (χ4v) is 3.82. The summed E-state index contributed by atoms with van der Waals surface area (Å²) in [5, 5.41) is 12.4. The average molecular weight is 350 g/mol. The molecule has 1 aromatic carbocycles. The fourth-order valence-electron chi connectivity index (χ4n) is 3.82. The highest BCUT2D eigenvalue weighted by molar-refractivity contribution is 5.70. The molecule has 6 heteroatoms. The highest BCUT2D eigenvalue weighted by Gasteiger charge is 2.27. The van der Waals surface area contributed by atoms with Crippen molar-refractivity contribution < 1.29 is 9.90 Å². The van der Waals surface area contributed by atoms with Crippen LogP contribution in [0.5, 0.6) is 0 Å². The molecule has 140 valence electrons. The first-order valence-corrected chi connectivity index (χ1v) is 9.50. The minimum atomic E-state index is -0.688. The van der Waals surface area contributed by atoms with Crippen LogP contribution in [0.3, 0.4) is 0 Å². The Balaban J connectivity index is 1.87. The van der Waals surface area contributed by atoms with Crippen LogP contribution in [-0.2, 0) is 11.3 Å². The zero-order valence-corrected chi connectivity index (χ0v) is 15.3. The fraction of sp³-hybridized carbons (Fsp3) is 0.737. The van der Waals surface area contributed by atoms with Gasteiger partial charge in [-0.2, -0.15) is 0 Å². The molecule has 1 aliphatic carbocycles. The molecule has 6 nitrogen and oxygen atoms in total. The molecule has 0 bridgehead atoms. The summed E-state index contributed by atoms with van der Waals surface area (Å²) < 4.78 is 0. The van der Waals surface area contributed by atoms with Crippen LogP contribution in [0.15, 0.2) is 9.59 Å². The lowest BCUT2D eigenvalue weighted by atomic mass is 9.82. The molecule has 25 heavy (non-hydrogen) atoms. The van der Waals surface area contributed by atoms with Crippen molar-refractivity contribution in [3.05, 3.63) is 26.0 Å². The maximum absolute atomic E-state index is 12.0. The summed E-state index contributed by atoms with van der Waals surface area (Å²) in [6.07, 6.45) is 5.15. The van der Waals surface area contributed by atoms with Crippen molar-refractivity contribution in [1.82, 2.24) is 5.32 Å². The van der Waals surface area contributed by atoms with E-state index in [1.165, 1.54) is 0 Å². The number of anilines is 1. The molecular weight excluding hydrogens is 320 g/mol. The predicted molar refractivity (Wildman–Crippen MR) is 98.9 cm³/mol. The average Bonchev–Trinajstić information content (AvgIpc) is 2.61. The second-order valence-electron chi connectivity index (χ2n) is 7.16. The molecule has 0 amide bonds. The zero-order chi connectivity index (χ0) is 18.4. The highest BCUT2D eigenvalue weighted by Crippen LogP contribution is 2.28. The normalized spacial score (nSPS) is 20.7. The number of hydrogen-bond acceptors (Lipinski definition) is 5. The molecule has 0 radical (unpaired) electrons. The van der Waals surface area contributed by atoms with Gasteiger partial charge in [-0.05, 0) is 51.0 Å². The smallest absolute Gasteiger partial charge is 0.306 e. The van der Waals surface area contributed by atoms with Crippen LogP contribution in [-0.4, -0.2) is 30.7 Å². The van der Waals surface area contributed by atoms with E-state index >= 15 is 0 Å². The molecule has 1 aromatic rings. The Labute approximate surface area is 148 Å². The van der Waals surface area contributed by atoms with E-state index in [2.05, 4.69) is 19.2 Å². The lowest BCUT2D eigenvalue weighted by Crippen LogP contribution is -2.46. The van der Waals surface area contributed by atoms with Crippen LogP contribution >= 0.6 is 0 Å². The Morgan fingerprint density at radius 3 is 2.20 bits per heavy atom. The number of nitrogens with one attached hydrogen (secondary N) is 1. The second-order valence-corrected chi connectivity index (χ2v) is 7.16. The lowest BCUT2D eigenvalue weighted by Gasteiger charge is -2.28. The van der Waals surface area contributed by atoms with E-state index in [0.717, 1.165) is 58.2 Å². The van der Waals surface area contributed by atoms with Crippen molar-refractivity contribution in [2.24, 2.45) is 11.8 Å². The molecule has 0 spiro atoms. The van der Waals surface area contributed by atoms with Gasteiger partial charge in [0, 0.05) is 25.2 Å². The maximum Gasteiger partial charge on any atom is 0.306 e. The predicted octanol–water partition coefficient (Wildman–Crippen LogP) is 1.89. The van der Waals surface area contributed by atoms with Gasteiger partial charge in [-0.25, -0.2) is 0 Å². The van der Waals surface area contributed by atoms with Crippen molar-refractivity contribution in [3.8, 4) is 0 Å². The molecule has 1 fully saturated rings. The van der Waals surface area contributed by atoms with Crippen molar-refractivity contribution >= 4 is 11.7 Å². The van der Waals surface area contributed by atoms with Crippen molar-refractivity contribution in [2.45, 2.75) is 58.9 Å².